The average Bonchev–Trinajstić information content (AvgIpc) is 2.72. The fourth-order valence-corrected chi connectivity index (χ4v) is 3.01. The molecular weight excluding hydrogens is 240 g/mol. The molecule has 3 heteroatoms. The maximum absolute atomic E-state index is 5.61. The first-order chi connectivity index (χ1) is 8.61. The van der Waals surface area contributed by atoms with Gasteiger partial charge in [0.2, 0.25) is 0 Å². The maximum atomic E-state index is 5.61. The predicted molar refractivity (Wildman–Crippen MR) is 79.1 cm³/mol. The van der Waals surface area contributed by atoms with Crippen molar-refractivity contribution in [1.82, 2.24) is 4.98 Å². The van der Waals surface area contributed by atoms with Crippen LogP contribution in [0.1, 0.15) is 35.9 Å². The number of nitrogens with two attached hydrogens (primary N) is 1. The fourth-order valence-electron chi connectivity index (χ4n) is 1.93. The first kappa shape index (κ1) is 13.2. The summed E-state index contributed by atoms with van der Waals surface area (Å²) >= 11 is 1.76. The Kier molecular flexibility index (Phi) is 4.15. The molecule has 0 aliphatic rings. The van der Waals surface area contributed by atoms with Crippen molar-refractivity contribution in [2.45, 2.75) is 33.1 Å². The SMILES string of the molecule is Cc1nc(-c2ccc(C(C)C)cc2)sc1CCN. The lowest BCUT2D eigenvalue weighted by Crippen LogP contribution is -2.01. The molecule has 0 unspecified atom stereocenters. The van der Waals surface area contributed by atoms with Gasteiger partial charge < -0.3 is 5.73 Å². The van der Waals surface area contributed by atoms with Gasteiger partial charge in [-0.3, -0.25) is 0 Å². The van der Waals surface area contributed by atoms with Gasteiger partial charge in [0.25, 0.3) is 0 Å². The van der Waals surface area contributed by atoms with E-state index >= 15 is 0 Å². The number of rotatable bonds is 4. The van der Waals surface area contributed by atoms with Crippen LogP contribution in [-0.2, 0) is 6.42 Å². The lowest BCUT2D eigenvalue weighted by molar-refractivity contribution is 0.867. The highest BCUT2D eigenvalue weighted by Gasteiger charge is 2.09. The minimum absolute atomic E-state index is 0.574. The number of hydrogen-bond acceptors (Lipinski definition) is 3. The summed E-state index contributed by atoms with van der Waals surface area (Å²) in [4.78, 5) is 5.94. The molecule has 1 aromatic heterocycles. The van der Waals surface area contributed by atoms with Crippen LogP contribution >= 0.6 is 11.3 Å². The largest absolute Gasteiger partial charge is 0.330 e. The Hall–Kier alpha value is -1.19. The zero-order valence-corrected chi connectivity index (χ0v) is 12.1. The summed E-state index contributed by atoms with van der Waals surface area (Å²) in [5.74, 6) is 0.574. The molecule has 0 radical (unpaired) electrons. The van der Waals surface area contributed by atoms with Crippen molar-refractivity contribution in [2.75, 3.05) is 6.54 Å². The summed E-state index contributed by atoms with van der Waals surface area (Å²) in [6.45, 7) is 7.17. The summed E-state index contributed by atoms with van der Waals surface area (Å²) in [7, 11) is 0. The molecule has 1 aromatic carbocycles. The van der Waals surface area contributed by atoms with Gasteiger partial charge in [-0.15, -0.1) is 11.3 Å². The topological polar surface area (TPSA) is 38.9 Å². The number of aromatic nitrogens is 1. The number of thiazole rings is 1. The highest BCUT2D eigenvalue weighted by atomic mass is 32.1. The molecular formula is C15H20N2S. The smallest absolute Gasteiger partial charge is 0.123 e. The lowest BCUT2D eigenvalue weighted by atomic mass is 10.0. The average molecular weight is 260 g/mol. The predicted octanol–water partition coefficient (Wildman–Crippen LogP) is 3.74. The second-order valence-corrected chi connectivity index (χ2v) is 5.93. The first-order valence-electron chi connectivity index (χ1n) is 6.38. The Labute approximate surface area is 113 Å². The highest BCUT2D eigenvalue weighted by Crippen LogP contribution is 2.29. The molecule has 96 valence electrons. The Bertz CT molecular complexity index is 512. The molecule has 0 aliphatic carbocycles. The van der Waals surface area contributed by atoms with Crippen LogP contribution in [0.25, 0.3) is 10.6 Å². The number of benzene rings is 1. The van der Waals surface area contributed by atoms with E-state index in [0.717, 1.165) is 17.1 Å². The minimum Gasteiger partial charge on any atom is -0.330 e. The molecule has 0 fully saturated rings. The van der Waals surface area contributed by atoms with Gasteiger partial charge in [0, 0.05) is 10.4 Å². The minimum atomic E-state index is 0.574. The fraction of sp³-hybridized carbons (Fsp3) is 0.400. The quantitative estimate of drug-likeness (QED) is 0.909. The summed E-state index contributed by atoms with van der Waals surface area (Å²) in [6.07, 6.45) is 0.924. The van der Waals surface area contributed by atoms with Crippen molar-refractivity contribution in [3.63, 3.8) is 0 Å². The maximum Gasteiger partial charge on any atom is 0.123 e. The van der Waals surface area contributed by atoms with Gasteiger partial charge in [0.15, 0.2) is 0 Å². The molecule has 18 heavy (non-hydrogen) atoms. The van der Waals surface area contributed by atoms with Crippen molar-refractivity contribution < 1.29 is 0 Å². The lowest BCUT2D eigenvalue weighted by Gasteiger charge is -2.05. The number of aryl methyl sites for hydroxylation is 1. The van der Waals surface area contributed by atoms with Crippen LogP contribution in [-0.4, -0.2) is 11.5 Å². The molecule has 0 bridgehead atoms. The van der Waals surface area contributed by atoms with Crippen molar-refractivity contribution in [3.05, 3.63) is 40.4 Å². The molecule has 0 amide bonds. The van der Waals surface area contributed by atoms with Crippen LogP contribution in [0, 0.1) is 6.92 Å². The standard InChI is InChI=1S/C15H20N2S/c1-10(2)12-4-6-13(7-5-12)15-17-11(3)14(18-15)8-9-16/h4-7,10H,8-9,16H2,1-3H3. The molecule has 0 atom stereocenters. The van der Waals surface area contributed by atoms with E-state index in [1.165, 1.54) is 16.0 Å². The van der Waals surface area contributed by atoms with Gasteiger partial charge in [-0.2, -0.15) is 0 Å². The molecule has 0 spiro atoms. The van der Waals surface area contributed by atoms with Gasteiger partial charge in [0.05, 0.1) is 5.69 Å². The van der Waals surface area contributed by atoms with E-state index in [1.807, 2.05) is 0 Å². The van der Waals surface area contributed by atoms with Gasteiger partial charge in [-0.1, -0.05) is 38.1 Å². The summed E-state index contributed by atoms with van der Waals surface area (Å²) in [5.41, 5.74) is 9.30. The van der Waals surface area contributed by atoms with Crippen molar-refractivity contribution in [1.29, 1.82) is 0 Å². The Morgan fingerprint density at radius 3 is 2.44 bits per heavy atom. The Morgan fingerprint density at radius 1 is 1.22 bits per heavy atom. The molecule has 1 heterocycles. The zero-order chi connectivity index (χ0) is 13.1. The van der Waals surface area contributed by atoms with E-state index in [1.54, 1.807) is 11.3 Å². The van der Waals surface area contributed by atoms with Crippen LogP contribution in [0.5, 0.6) is 0 Å². The summed E-state index contributed by atoms with van der Waals surface area (Å²) in [6, 6.07) is 8.72. The van der Waals surface area contributed by atoms with Crippen molar-refractivity contribution in [3.8, 4) is 10.6 Å². The molecule has 2 N–H and O–H groups in total. The van der Waals surface area contributed by atoms with Crippen molar-refractivity contribution >= 4 is 11.3 Å². The number of nitrogens with zero attached hydrogens (tertiary/aromatic N) is 1. The van der Waals surface area contributed by atoms with E-state index in [2.05, 4.69) is 50.0 Å². The molecule has 2 nitrogen and oxygen atoms in total. The Morgan fingerprint density at radius 2 is 1.89 bits per heavy atom. The monoisotopic (exact) mass is 260 g/mol. The second-order valence-electron chi connectivity index (χ2n) is 4.84. The van der Waals surface area contributed by atoms with Crippen LogP contribution in [0.4, 0.5) is 0 Å². The third kappa shape index (κ3) is 2.79. The second kappa shape index (κ2) is 5.63. The molecule has 0 saturated heterocycles. The van der Waals surface area contributed by atoms with E-state index in [4.69, 9.17) is 5.73 Å². The van der Waals surface area contributed by atoms with Crippen LogP contribution in [0.3, 0.4) is 0 Å². The van der Waals surface area contributed by atoms with Gasteiger partial charge in [-0.05, 0) is 31.4 Å². The van der Waals surface area contributed by atoms with Crippen LogP contribution in [0.15, 0.2) is 24.3 Å². The van der Waals surface area contributed by atoms with E-state index in [0.29, 0.717) is 12.5 Å². The number of hydrogen-bond donors (Lipinski definition) is 1. The summed E-state index contributed by atoms with van der Waals surface area (Å²) in [5, 5.41) is 1.10. The third-order valence-corrected chi connectivity index (χ3v) is 4.35. The van der Waals surface area contributed by atoms with Gasteiger partial charge in [0.1, 0.15) is 5.01 Å². The molecule has 0 aliphatic heterocycles. The van der Waals surface area contributed by atoms with Crippen molar-refractivity contribution in [2.24, 2.45) is 5.73 Å². The third-order valence-electron chi connectivity index (χ3n) is 3.09. The van der Waals surface area contributed by atoms with E-state index in [-0.39, 0.29) is 0 Å². The first-order valence-corrected chi connectivity index (χ1v) is 7.20. The zero-order valence-electron chi connectivity index (χ0n) is 11.2. The van der Waals surface area contributed by atoms with E-state index < -0.39 is 0 Å². The Balaban J connectivity index is 2.28. The molecule has 0 saturated carbocycles. The van der Waals surface area contributed by atoms with Crippen LogP contribution in [0.2, 0.25) is 0 Å². The van der Waals surface area contributed by atoms with Gasteiger partial charge >= 0.3 is 0 Å². The normalized spacial score (nSPS) is 11.2. The van der Waals surface area contributed by atoms with E-state index in [9.17, 15) is 0 Å². The molecule has 2 aromatic rings. The molecule has 2 rings (SSSR count). The highest BCUT2D eigenvalue weighted by molar-refractivity contribution is 7.15. The summed E-state index contributed by atoms with van der Waals surface area (Å²) < 4.78 is 0. The van der Waals surface area contributed by atoms with Crippen LogP contribution < -0.4 is 5.73 Å². The van der Waals surface area contributed by atoms with Gasteiger partial charge in [-0.25, -0.2) is 4.98 Å².